The Morgan fingerprint density at radius 3 is 2.62 bits per heavy atom. The highest BCUT2D eigenvalue weighted by molar-refractivity contribution is 6.25. The Bertz CT molecular complexity index is 1210. The second kappa shape index (κ2) is 10.3. The van der Waals surface area contributed by atoms with E-state index in [2.05, 4.69) is 9.98 Å². The van der Waals surface area contributed by atoms with Gasteiger partial charge in [-0.1, -0.05) is 50.8 Å². The fourth-order valence-corrected chi connectivity index (χ4v) is 4.76. The molecule has 7 nitrogen and oxygen atoms in total. The number of fused-ring (bicyclic) bond motifs is 1. The van der Waals surface area contributed by atoms with E-state index in [4.69, 9.17) is 5.73 Å². The zero-order chi connectivity index (χ0) is 27.0. The molecule has 1 saturated carbocycles. The maximum absolute atomic E-state index is 14.0. The number of hydrogen-bond acceptors (Lipinski definition) is 6. The van der Waals surface area contributed by atoms with Gasteiger partial charge in [-0.3, -0.25) is 20.3 Å². The number of aromatic nitrogens is 1. The minimum atomic E-state index is -4.64. The Morgan fingerprint density at radius 2 is 1.97 bits per heavy atom. The SMILES string of the molecule is CCCC[C@H](O)[C@@H](CC1CC1)C(=O)C1(N)N=C(c2cc(C(F)(F)F)ccn2)c2ccccc2N(C)C1=O. The third kappa shape index (κ3) is 5.45. The van der Waals surface area contributed by atoms with E-state index in [0.29, 0.717) is 30.5 Å². The molecular weight excluding hydrogens is 485 g/mol. The second-order valence-corrected chi connectivity index (χ2v) is 9.90. The average molecular weight is 517 g/mol. The van der Waals surface area contributed by atoms with Gasteiger partial charge in [0.2, 0.25) is 5.66 Å². The summed E-state index contributed by atoms with van der Waals surface area (Å²) in [4.78, 5) is 37.4. The van der Waals surface area contributed by atoms with Crippen molar-refractivity contribution in [1.82, 2.24) is 4.98 Å². The van der Waals surface area contributed by atoms with Gasteiger partial charge in [0, 0.05) is 24.7 Å². The van der Waals surface area contributed by atoms with E-state index in [1.807, 2.05) is 6.92 Å². The smallest absolute Gasteiger partial charge is 0.392 e. The minimum absolute atomic E-state index is 0.0940. The topological polar surface area (TPSA) is 109 Å². The number of para-hydroxylation sites is 1. The summed E-state index contributed by atoms with van der Waals surface area (Å²) in [5.74, 6) is -2.24. The summed E-state index contributed by atoms with van der Waals surface area (Å²) in [6, 6.07) is 8.17. The van der Waals surface area contributed by atoms with Gasteiger partial charge < -0.3 is 10.0 Å². The molecule has 37 heavy (non-hydrogen) atoms. The quantitative estimate of drug-likeness (QED) is 0.488. The Labute approximate surface area is 213 Å². The summed E-state index contributed by atoms with van der Waals surface area (Å²) in [6.45, 7) is 1.97. The van der Waals surface area contributed by atoms with Crippen molar-refractivity contribution >= 4 is 23.1 Å². The zero-order valence-electron chi connectivity index (χ0n) is 20.8. The molecule has 0 saturated heterocycles. The Hall–Kier alpha value is -3.11. The number of alkyl halides is 3. The van der Waals surface area contributed by atoms with Crippen LogP contribution in [0.1, 0.15) is 62.3 Å². The normalized spacial score (nSPS) is 21.6. The van der Waals surface area contributed by atoms with Gasteiger partial charge >= 0.3 is 6.18 Å². The van der Waals surface area contributed by atoms with Crippen molar-refractivity contribution in [3.05, 3.63) is 59.4 Å². The lowest BCUT2D eigenvalue weighted by atomic mass is 9.83. The maximum atomic E-state index is 14.0. The highest BCUT2D eigenvalue weighted by Crippen LogP contribution is 2.40. The molecule has 3 N–H and O–H groups in total. The number of halogens is 3. The standard InChI is InChI=1S/C27H31F3N4O3/c1-3-4-9-22(35)19(14-16-10-11-16)24(36)26(31)25(37)34(2)21-8-6-5-7-18(21)23(33-26)20-15-17(12-13-32-20)27(28,29)30/h5-8,12-13,15-16,19,22,35H,3-4,9-11,14,31H2,1-2H3/t19-,22+,26?/m1/s1. The lowest BCUT2D eigenvalue weighted by Crippen LogP contribution is -2.61. The largest absolute Gasteiger partial charge is 0.416 e. The molecule has 0 bridgehead atoms. The lowest BCUT2D eigenvalue weighted by Gasteiger charge is -2.31. The first-order chi connectivity index (χ1) is 17.5. The van der Waals surface area contributed by atoms with Crippen LogP contribution < -0.4 is 10.6 Å². The summed E-state index contributed by atoms with van der Waals surface area (Å²) < 4.78 is 40.5. The van der Waals surface area contributed by atoms with E-state index >= 15 is 0 Å². The summed E-state index contributed by atoms with van der Waals surface area (Å²) in [6.07, 6.45) is -0.556. The van der Waals surface area contributed by atoms with Crippen LogP contribution in [-0.4, -0.2) is 46.3 Å². The van der Waals surface area contributed by atoms with Gasteiger partial charge in [0.25, 0.3) is 5.91 Å². The molecule has 4 rings (SSSR count). The molecular formula is C27H31F3N4O3. The molecule has 1 aliphatic carbocycles. The van der Waals surface area contributed by atoms with Crippen molar-refractivity contribution in [3.8, 4) is 0 Å². The molecule has 1 aromatic carbocycles. The van der Waals surface area contributed by atoms with Crippen molar-refractivity contribution in [2.75, 3.05) is 11.9 Å². The number of amides is 1. The van der Waals surface area contributed by atoms with Crippen molar-refractivity contribution in [2.24, 2.45) is 22.6 Å². The van der Waals surface area contributed by atoms with Crippen molar-refractivity contribution in [2.45, 2.75) is 63.4 Å². The zero-order valence-corrected chi connectivity index (χ0v) is 20.8. The van der Waals surface area contributed by atoms with Crippen LogP contribution in [0.5, 0.6) is 0 Å². The first kappa shape index (κ1) is 26.9. The predicted molar refractivity (Wildman–Crippen MR) is 133 cm³/mol. The number of rotatable bonds is 9. The predicted octanol–water partition coefficient (Wildman–Crippen LogP) is 4.11. The highest BCUT2D eigenvalue weighted by atomic mass is 19.4. The van der Waals surface area contributed by atoms with Crippen LogP contribution in [0.15, 0.2) is 47.6 Å². The van der Waals surface area contributed by atoms with Crippen LogP contribution >= 0.6 is 0 Å². The van der Waals surface area contributed by atoms with E-state index in [-0.39, 0.29) is 17.3 Å². The number of anilines is 1. The van der Waals surface area contributed by atoms with Crippen LogP contribution in [0.4, 0.5) is 18.9 Å². The van der Waals surface area contributed by atoms with E-state index < -0.39 is 41.1 Å². The maximum Gasteiger partial charge on any atom is 0.416 e. The third-order valence-corrected chi connectivity index (χ3v) is 7.08. The van der Waals surface area contributed by atoms with Gasteiger partial charge in [0.1, 0.15) is 0 Å². The number of benzodiazepines with no additional fused rings is 1. The molecule has 1 aromatic heterocycles. The average Bonchev–Trinajstić information content (AvgIpc) is 3.71. The van der Waals surface area contributed by atoms with E-state index in [0.717, 1.165) is 37.6 Å². The fraction of sp³-hybridized carbons (Fsp3) is 0.481. The number of unbranched alkanes of at least 4 members (excludes halogenated alkanes) is 1. The third-order valence-electron chi connectivity index (χ3n) is 7.08. The summed E-state index contributed by atoms with van der Waals surface area (Å²) in [5.41, 5.74) is 3.52. The van der Waals surface area contributed by atoms with Crippen molar-refractivity contribution < 1.29 is 27.9 Å². The fourth-order valence-electron chi connectivity index (χ4n) is 4.76. The second-order valence-electron chi connectivity index (χ2n) is 9.90. The Balaban J connectivity index is 1.87. The number of ketones is 1. The monoisotopic (exact) mass is 516 g/mol. The van der Waals surface area contributed by atoms with Gasteiger partial charge in [-0.15, -0.1) is 0 Å². The van der Waals surface area contributed by atoms with Gasteiger partial charge in [0.15, 0.2) is 5.78 Å². The molecule has 2 aliphatic rings. The number of benzene rings is 1. The molecule has 3 atom stereocenters. The van der Waals surface area contributed by atoms with Crippen LogP contribution in [-0.2, 0) is 15.8 Å². The molecule has 2 heterocycles. The number of hydrogen-bond donors (Lipinski definition) is 2. The van der Waals surface area contributed by atoms with Crippen molar-refractivity contribution in [3.63, 3.8) is 0 Å². The number of carbonyl (C=O) groups excluding carboxylic acids is 2. The Kier molecular flexibility index (Phi) is 7.52. The van der Waals surface area contributed by atoms with Gasteiger partial charge in [0.05, 0.1) is 28.8 Å². The van der Waals surface area contributed by atoms with Crippen LogP contribution in [0.25, 0.3) is 0 Å². The number of carbonyl (C=O) groups is 2. The molecule has 10 heteroatoms. The number of aliphatic hydroxyl groups excluding tert-OH is 1. The van der Waals surface area contributed by atoms with E-state index in [1.165, 1.54) is 11.9 Å². The van der Waals surface area contributed by atoms with Crippen LogP contribution in [0, 0.1) is 11.8 Å². The number of likely N-dealkylation sites (N-methyl/N-ethyl adjacent to an activating group) is 1. The molecule has 1 unspecified atom stereocenters. The van der Waals surface area contributed by atoms with Gasteiger partial charge in [-0.25, -0.2) is 4.99 Å². The molecule has 2 aromatic rings. The molecule has 0 radical (unpaired) electrons. The van der Waals surface area contributed by atoms with E-state index in [9.17, 15) is 27.9 Å². The first-order valence-electron chi connectivity index (χ1n) is 12.5. The Morgan fingerprint density at radius 1 is 1.27 bits per heavy atom. The number of aliphatic imine (C=N–C) groups is 1. The number of nitrogens with two attached hydrogens (primary N) is 1. The molecule has 1 aliphatic heterocycles. The molecule has 1 amide bonds. The molecule has 198 valence electrons. The van der Waals surface area contributed by atoms with Crippen LogP contribution in [0.3, 0.4) is 0 Å². The van der Waals surface area contributed by atoms with Crippen molar-refractivity contribution in [1.29, 1.82) is 0 Å². The van der Waals surface area contributed by atoms with Gasteiger partial charge in [-0.2, -0.15) is 13.2 Å². The highest BCUT2D eigenvalue weighted by Gasteiger charge is 2.51. The van der Waals surface area contributed by atoms with E-state index in [1.54, 1.807) is 24.3 Å². The summed E-state index contributed by atoms with van der Waals surface area (Å²) in [5, 5.41) is 11.0. The number of Topliss-reactive ketones (excluding diaryl/α,β-unsaturated/α-hetero) is 1. The number of nitrogens with zero attached hydrogens (tertiary/aromatic N) is 3. The lowest BCUT2D eigenvalue weighted by molar-refractivity contribution is -0.139. The molecule has 0 spiro atoms. The number of pyridine rings is 1. The first-order valence-corrected chi connectivity index (χ1v) is 12.5. The van der Waals surface area contributed by atoms with Crippen LogP contribution in [0.2, 0.25) is 0 Å². The summed E-state index contributed by atoms with van der Waals surface area (Å²) >= 11 is 0. The van der Waals surface area contributed by atoms with Gasteiger partial charge in [-0.05, 0) is 37.0 Å². The minimum Gasteiger partial charge on any atom is -0.392 e. The molecule has 1 fully saturated rings. The number of aliphatic hydroxyl groups is 1. The summed E-state index contributed by atoms with van der Waals surface area (Å²) in [7, 11) is 1.44.